The molecule has 1 aliphatic carbocycles. The Morgan fingerprint density at radius 2 is 1.03 bits per heavy atom. The van der Waals surface area contributed by atoms with Crippen LogP contribution in [0.4, 0.5) is 45.5 Å². The van der Waals surface area contributed by atoms with Gasteiger partial charge >= 0.3 is 0 Å². The number of fused-ring (bicyclic) bond motifs is 9. The van der Waals surface area contributed by atoms with Crippen LogP contribution in [0.15, 0.2) is 121 Å². The van der Waals surface area contributed by atoms with Crippen LogP contribution in [-0.2, 0) is 27.1 Å². The number of para-hydroxylation sites is 1. The average Bonchev–Trinajstić information content (AvgIpc) is 3.74. The van der Waals surface area contributed by atoms with Gasteiger partial charge in [-0.1, -0.05) is 157 Å². The second kappa shape index (κ2) is 14.6. The molecule has 0 amide bonds. The van der Waals surface area contributed by atoms with E-state index in [0.717, 1.165) is 0 Å². The minimum atomic E-state index is -0.109. The van der Waals surface area contributed by atoms with Crippen molar-refractivity contribution in [1.29, 1.82) is 0 Å². The van der Waals surface area contributed by atoms with Gasteiger partial charge in [-0.05, 0) is 147 Å². The van der Waals surface area contributed by atoms with Crippen LogP contribution in [0, 0.1) is 0 Å². The van der Waals surface area contributed by atoms with Crippen LogP contribution < -0.4 is 30.4 Å². The van der Waals surface area contributed by atoms with Gasteiger partial charge in [-0.15, -0.1) is 11.3 Å². The zero-order chi connectivity index (χ0) is 47.4. The fourth-order valence-corrected chi connectivity index (χ4v) is 13.7. The zero-order valence-corrected chi connectivity index (χ0v) is 43.5. The van der Waals surface area contributed by atoms with Gasteiger partial charge in [-0.3, -0.25) is 0 Å². The van der Waals surface area contributed by atoms with Crippen molar-refractivity contribution < 1.29 is 0 Å². The monoisotopic (exact) mass is 900 g/mol. The Morgan fingerprint density at radius 3 is 1.64 bits per heavy atom. The van der Waals surface area contributed by atoms with Crippen molar-refractivity contribution in [2.75, 3.05) is 14.7 Å². The Morgan fingerprint density at radius 1 is 0.493 bits per heavy atom. The van der Waals surface area contributed by atoms with Gasteiger partial charge < -0.3 is 14.7 Å². The summed E-state index contributed by atoms with van der Waals surface area (Å²) in [6, 6.07) is 48.4. The van der Waals surface area contributed by atoms with Crippen molar-refractivity contribution in [2.24, 2.45) is 0 Å². The van der Waals surface area contributed by atoms with Crippen molar-refractivity contribution >= 4 is 89.3 Å². The van der Waals surface area contributed by atoms with E-state index in [4.69, 9.17) is 0 Å². The molecular weight excluding hydrogens is 830 g/mol. The Balaban J connectivity index is 1.24. The number of rotatable bonds is 3. The lowest BCUT2D eigenvalue weighted by molar-refractivity contribution is 0.195. The minimum absolute atomic E-state index is 0.0114. The van der Waals surface area contributed by atoms with Crippen molar-refractivity contribution in [2.45, 2.75) is 155 Å². The minimum Gasteiger partial charge on any atom is -0.334 e. The maximum absolute atomic E-state index is 2.76. The Hall–Kier alpha value is -5.26. The lowest BCUT2D eigenvalue weighted by Gasteiger charge is -2.50. The third-order valence-corrected chi connectivity index (χ3v) is 17.9. The van der Waals surface area contributed by atoms with Gasteiger partial charge in [0.15, 0.2) is 0 Å². The summed E-state index contributed by atoms with van der Waals surface area (Å²) in [4.78, 5) is 8.07. The van der Waals surface area contributed by atoms with Crippen molar-refractivity contribution in [3.8, 4) is 0 Å². The van der Waals surface area contributed by atoms with Crippen molar-refractivity contribution in [3.63, 3.8) is 0 Å². The van der Waals surface area contributed by atoms with Gasteiger partial charge in [-0.25, -0.2) is 0 Å². The van der Waals surface area contributed by atoms with Crippen LogP contribution in [0.25, 0.3) is 10.1 Å². The molecule has 3 nitrogen and oxygen atoms in total. The second-order valence-corrected chi connectivity index (χ2v) is 26.1. The topological polar surface area (TPSA) is 9.72 Å². The smallest absolute Gasteiger partial charge is 0.264 e. The largest absolute Gasteiger partial charge is 0.334 e. The van der Waals surface area contributed by atoms with E-state index in [1.807, 2.05) is 11.3 Å². The summed E-state index contributed by atoms with van der Waals surface area (Å²) in [5, 5.41) is 1.34. The van der Waals surface area contributed by atoms with Crippen molar-refractivity contribution in [1.82, 2.24) is 0 Å². The molecule has 3 aliphatic heterocycles. The van der Waals surface area contributed by atoms with E-state index in [1.54, 1.807) is 0 Å². The van der Waals surface area contributed by atoms with Crippen LogP contribution in [0.1, 0.15) is 150 Å². The van der Waals surface area contributed by atoms with Gasteiger partial charge in [0.1, 0.15) is 0 Å². The van der Waals surface area contributed by atoms with Crippen LogP contribution >= 0.6 is 11.3 Å². The third kappa shape index (κ3) is 6.64. The molecule has 2 atom stereocenters. The molecule has 4 aliphatic rings. The van der Waals surface area contributed by atoms with E-state index in [-0.39, 0.29) is 39.3 Å². The highest BCUT2D eigenvalue weighted by atomic mass is 32.1. The zero-order valence-electron chi connectivity index (χ0n) is 42.7. The highest BCUT2D eigenvalue weighted by Crippen LogP contribution is 2.61. The number of thiophene rings is 1. The van der Waals surface area contributed by atoms with Gasteiger partial charge in [0, 0.05) is 60.1 Å². The van der Waals surface area contributed by atoms with Gasteiger partial charge in [-0.2, -0.15) is 0 Å². The normalized spacial score (nSPS) is 20.1. The Labute approximate surface area is 406 Å². The highest BCUT2D eigenvalue weighted by molar-refractivity contribution is 7.33. The number of hydrogen-bond acceptors (Lipinski definition) is 4. The second-order valence-electron chi connectivity index (χ2n) is 25.1. The molecule has 1 fully saturated rings. The molecule has 7 aromatic rings. The quantitative estimate of drug-likeness (QED) is 0.164. The summed E-state index contributed by atoms with van der Waals surface area (Å²) in [5.74, 6) is 0. The summed E-state index contributed by atoms with van der Waals surface area (Å²) in [7, 11) is 0. The lowest BCUT2D eigenvalue weighted by atomic mass is 9.36. The molecule has 1 aromatic heterocycles. The fraction of sp³-hybridized carbons (Fsp3) is 0.387. The first-order valence-electron chi connectivity index (χ1n) is 25.1. The predicted octanol–water partition coefficient (Wildman–Crippen LogP) is 15.9. The first-order valence-corrected chi connectivity index (χ1v) is 25.9. The Bertz CT molecular complexity index is 3110. The molecule has 6 aromatic carbocycles. The van der Waals surface area contributed by atoms with E-state index in [2.05, 4.69) is 233 Å². The number of anilines is 8. The SMILES string of the molecule is CC(C)(C)c1ccc(N2c3cc(N4c5ccccc5C5(C)CCCCC45C)ccc3B3c4sc5ccc(C(C)(C)C)cc5c4N(c4ccc(C(C)(C)C)cc4)c4cc(C(C)(C)C)cc2c43)cc1. The summed E-state index contributed by atoms with van der Waals surface area (Å²) in [6.45, 7) is 33.3. The van der Waals surface area contributed by atoms with Crippen LogP contribution in [-0.4, -0.2) is 12.3 Å². The molecule has 2 unspecified atom stereocenters. The van der Waals surface area contributed by atoms with Crippen LogP contribution in [0.3, 0.4) is 0 Å². The molecule has 4 heterocycles. The Kier molecular flexibility index (Phi) is 9.66. The maximum Gasteiger partial charge on any atom is 0.264 e. The summed E-state index contributed by atoms with van der Waals surface area (Å²) in [6.07, 6.45) is 4.91. The molecule has 0 spiro atoms. The summed E-state index contributed by atoms with van der Waals surface area (Å²) in [5.41, 5.74) is 19.9. The molecule has 0 saturated heterocycles. The van der Waals surface area contributed by atoms with Crippen LogP contribution in [0.2, 0.25) is 0 Å². The molecule has 1 saturated carbocycles. The van der Waals surface area contributed by atoms with E-state index < -0.39 is 0 Å². The van der Waals surface area contributed by atoms with Crippen LogP contribution in [0.5, 0.6) is 0 Å². The van der Waals surface area contributed by atoms with Gasteiger partial charge in [0.2, 0.25) is 0 Å². The highest BCUT2D eigenvalue weighted by Gasteiger charge is 2.58. The molecule has 11 rings (SSSR count). The van der Waals surface area contributed by atoms with Crippen molar-refractivity contribution in [3.05, 3.63) is 149 Å². The molecular formula is C62H70BN3S. The number of hydrogen-bond donors (Lipinski definition) is 0. The predicted molar refractivity (Wildman–Crippen MR) is 293 cm³/mol. The van der Waals surface area contributed by atoms with Gasteiger partial charge in [0.25, 0.3) is 6.71 Å². The van der Waals surface area contributed by atoms with E-state index in [0.29, 0.717) is 0 Å². The van der Waals surface area contributed by atoms with E-state index >= 15 is 0 Å². The molecule has 5 heteroatoms. The number of benzene rings is 6. The summed E-state index contributed by atoms with van der Waals surface area (Å²) >= 11 is 2.00. The lowest BCUT2D eigenvalue weighted by Crippen LogP contribution is -2.60. The fourth-order valence-electron chi connectivity index (χ4n) is 12.4. The van der Waals surface area contributed by atoms with E-state index in [1.165, 1.54) is 125 Å². The molecule has 0 radical (unpaired) electrons. The third-order valence-electron chi connectivity index (χ3n) is 16.6. The molecule has 67 heavy (non-hydrogen) atoms. The number of nitrogens with zero attached hydrogens (tertiary/aromatic N) is 3. The first kappa shape index (κ1) is 44.3. The molecule has 0 bridgehead atoms. The van der Waals surface area contributed by atoms with E-state index in [9.17, 15) is 0 Å². The average molecular weight is 900 g/mol. The molecule has 0 N–H and O–H groups in total. The first-order chi connectivity index (χ1) is 31.5. The maximum atomic E-state index is 2.76. The molecule has 342 valence electrons. The van der Waals surface area contributed by atoms with Gasteiger partial charge in [0.05, 0.1) is 11.2 Å². The summed E-state index contributed by atoms with van der Waals surface area (Å²) < 4.78 is 2.77. The standard InChI is InChI=1S/C62H70BN3S/c1-57(2,3)39-21-26-43(27-22-39)64-50-38-45(66-49-20-16-15-19-47(49)61(13)33-17-18-34-62(61,66)14)30-31-48(50)63-54-51(64)36-42(60(10,11)12)37-52(54)65(44-28-23-40(24-29-44)58(4,5)6)55-46-35-41(59(7,8)9)25-32-53(46)67-56(55)63/h15-16,19-32,35-38H,17-18,33-34H2,1-14H3.